The lowest BCUT2D eigenvalue weighted by atomic mass is 9.75. The molecule has 0 saturated heterocycles. The molecule has 0 radical (unpaired) electrons. The molecule has 0 unspecified atom stereocenters. The molecule has 2 aromatic rings. The van der Waals surface area contributed by atoms with Gasteiger partial charge in [0.2, 0.25) is 0 Å². The number of anilines is 1. The SMILES string of the molecule is CC[C@@]1(c2ccc(C#N)cc2)C(C(=O)O)=C(CBr)N(c2cccc(C(F)(F)F)c2)C(=O)N1CC(=O)OC. The van der Waals surface area contributed by atoms with E-state index in [0.717, 1.165) is 35.1 Å². The Morgan fingerprint density at radius 3 is 2.32 bits per heavy atom. The molecule has 1 heterocycles. The molecule has 2 aromatic carbocycles. The van der Waals surface area contributed by atoms with Crippen LogP contribution in [-0.2, 0) is 26.0 Å². The van der Waals surface area contributed by atoms with Crippen LogP contribution in [0.5, 0.6) is 0 Å². The van der Waals surface area contributed by atoms with Crippen molar-refractivity contribution in [3.05, 3.63) is 76.5 Å². The lowest BCUT2D eigenvalue weighted by molar-refractivity contribution is -0.143. The number of amides is 2. The number of methoxy groups -OCH3 is 1. The van der Waals surface area contributed by atoms with Crippen LogP contribution in [0.15, 0.2) is 59.8 Å². The Labute approximate surface area is 218 Å². The molecule has 12 heteroatoms. The first-order valence-corrected chi connectivity index (χ1v) is 12.0. The monoisotopic (exact) mass is 579 g/mol. The zero-order valence-corrected chi connectivity index (χ0v) is 21.3. The van der Waals surface area contributed by atoms with E-state index in [0.29, 0.717) is 5.56 Å². The number of halogens is 4. The largest absolute Gasteiger partial charge is 0.478 e. The summed E-state index contributed by atoms with van der Waals surface area (Å²) in [6, 6.07) is 10.8. The fourth-order valence-corrected chi connectivity index (χ4v) is 5.02. The number of esters is 1. The van der Waals surface area contributed by atoms with E-state index in [9.17, 15) is 37.9 Å². The molecular formula is C25H21BrF3N3O5. The molecule has 8 nitrogen and oxygen atoms in total. The summed E-state index contributed by atoms with van der Waals surface area (Å²) in [5, 5.41) is 19.4. The Hall–Kier alpha value is -3.85. The number of carboxylic acids is 1. The van der Waals surface area contributed by atoms with Gasteiger partial charge >= 0.3 is 24.1 Å². The number of carboxylic acid groups (broad SMARTS) is 1. The number of ether oxygens (including phenoxy) is 1. The summed E-state index contributed by atoms with van der Waals surface area (Å²) in [6.07, 6.45) is -4.74. The van der Waals surface area contributed by atoms with Crippen LogP contribution < -0.4 is 4.90 Å². The Bertz CT molecular complexity index is 1300. The molecule has 37 heavy (non-hydrogen) atoms. The molecule has 2 amide bonds. The molecular weight excluding hydrogens is 559 g/mol. The van der Waals surface area contributed by atoms with Crippen LogP contribution in [0, 0.1) is 11.3 Å². The Morgan fingerprint density at radius 2 is 1.84 bits per heavy atom. The average molecular weight is 580 g/mol. The summed E-state index contributed by atoms with van der Waals surface area (Å²) in [5.41, 5.74) is -2.84. The number of nitrogens with zero attached hydrogens (tertiary/aromatic N) is 3. The second kappa shape index (κ2) is 10.6. The summed E-state index contributed by atoms with van der Waals surface area (Å²) >= 11 is 3.21. The van der Waals surface area contributed by atoms with Gasteiger partial charge in [-0.25, -0.2) is 9.59 Å². The van der Waals surface area contributed by atoms with Crippen LogP contribution in [0.3, 0.4) is 0 Å². The van der Waals surface area contributed by atoms with Gasteiger partial charge in [-0.3, -0.25) is 14.6 Å². The molecule has 0 bridgehead atoms. The van der Waals surface area contributed by atoms with Crippen molar-refractivity contribution in [2.24, 2.45) is 0 Å². The molecule has 3 rings (SSSR count). The van der Waals surface area contributed by atoms with E-state index in [4.69, 9.17) is 4.74 Å². The number of alkyl halides is 4. The van der Waals surface area contributed by atoms with E-state index >= 15 is 0 Å². The molecule has 194 valence electrons. The zero-order chi connectivity index (χ0) is 27.5. The van der Waals surface area contributed by atoms with Crippen molar-refractivity contribution in [3.63, 3.8) is 0 Å². The number of hydrogen-bond acceptors (Lipinski definition) is 5. The van der Waals surface area contributed by atoms with Gasteiger partial charge in [0, 0.05) is 5.33 Å². The highest BCUT2D eigenvalue weighted by molar-refractivity contribution is 9.09. The molecule has 0 fully saturated rings. The van der Waals surface area contributed by atoms with Gasteiger partial charge in [-0.05, 0) is 42.3 Å². The van der Waals surface area contributed by atoms with Gasteiger partial charge in [-0.15, -0.1) is 0 Å². The first-order chi connectivity index (χ1) is 17.5. The summed E-state index contributed by atoms with van der Waals surface area (Å²) < 4.78 is 45.1. The summed E-state index contributed by atoms with van der Waals surface area (Å²) in [7, 11) is 1.09. The molecule has 0 spiro atoms. The van der Waals surface area contributed by atoms with Crippen molar-refractivity contribution in [1.29, 1.82) is 5.26 Å². The molecule has 0 aromatic heterocycles. The Balaban J connectivity index is 2.42. The lowest BCUT2D eigenvalue weighted by Gasteiger charge is -2.50. The Morgan fingerprint density at radius 1 is 1.19 bits per heavy atom. The predicted molar refractivity (Wildman–Crippen MR) is 130 cm³/mol. The van der Waals surface area contributed by atoms with Gasteiger partial charge in [0.25, 0.3) is 0 Å². The average Bonchev–Trinajstić information content (AvgIpc) is 2.88. The number of carbonyl (C=O) groups is 3. The minimum atomic E-state index is -4.72. The van der Waals surface area contributed by atoms with Gasteiger partial charge < -0.3 is 9.84 Å². The van der Waals surface area contributed by atoms with E-state index in [1.165, 1.54) is 30.3 Å². The highest BCUT2D eigenvalue weighted by Crippen LogP contribution is 2.47. The molecule has 1 N–H and O–H groups in total. The Kier molecular flexibility index (Phi) is 7.97. The number of nitriles is 1. The number of hydrogen-bond donors (Lipinski definition) is 1. The second-order valence-electron chi connectivity index (χ2n) is 7.99. The van der Waals surface area contributed by atoms with Crippen LogP contribution in [0.2, 0.25) is 0 Å². The van der Waals surface area contributed by atoms with Gasteiger partial charge in [-0.2, -0.15) is 18.4 Å². The topological polar surface area (TPSA) is 111 Å². The van der Waals surface area contributed by atoms with E-state index in [1.54, 1.807) is 6.92 Å². The molecule has 1 aliphatic rings. The van der Waals surface area contributed by atoms with E-state index in [1.807, 2.05) is 6.07 Å². The van der Waals surface area contributed by atoms with Crippen LogP contribution >= 0.6 is 15.9 Å². The minimum absolute atomic E-state index is 0.0177. The van der Waals surface area contributed by atoms with Crippen molar-refractivity contribution in [2.75, 3.05) is 23.9 Å². The number of aliphatic carboxylic acids is 1. The summed E-state index contributed by atoms with van der Waals surface area (Å²) in [6.45, 7) is 0.926. The molecule has 1 aliphatic heterocycles. The first-order valence-electron chi connectivity index (χ1n) is 10.9. The minimum Gasteiger partial charge on any atom is -0.478 e. The van der Waals surface area contributed by atoms with E-state index < -0.39 is 41.8 Å². The van der Waals surface area contributed by atoms with Crippen molar-refractivity contribution < 1.29 is 37.4 Å². The van der Waals surface area contributed by atoms with Crippen molar-refractivity contribution in [3.8, 4) is 6.07 Å². The maximum Gasteiger partial charge on any atom is 0.416 e. The fraction of sp³-hybridized carbons (Fsp3) is 0.280. The van der Waals surface area contributed by atoms with Crippen LogP contribution in [0.25, 0.3) is 0 Å². The summed E-state index contributed by atoms with van der Waals surface area (Å²) in [5.74, 6) is -2.31. The lowest BCUT2D eigenvalue weighted by Crippen LogP contribution is -2.62. The molecule has 1 atom stereocenters. The fourth-order valence-electron chi connectivity index (χ4n) is 4.49. The van der Waals surface area contributed by atoms with Crippen molar-refractivity contribution in [1.82, 2.24) is 4.90 Å². The summed E-state index contributed by atoms with van der Waals surface area (Å²) in [4.78, 5) is 41.1. The van der Waals surface area contributed by atoms with E-state index in [2.05, 4.69) is 15.9 Å². The van der Waals surface area contributed by atoms with Gasteiger partial charge in [0.15, 0.2) is 0 Å². The highest BCUT2D eigenvalue weighted by atomic mass is 79.9. The number of urea groups is 1. The normalized spacial score (nSPS) is 18.0. The predicted octanol–water partition coefficient (Wildman–Crippen LogP) is 5.03. The zero-order valence-electron chi connectivity index (χ0n) is 19.7. The third-order valence-corrected chi connectivity index (χ3v) is 6.68. The van der Waals surface area contributed by atoms with Crippen molar-refractivity contribution >= 4 is 39.6 Å². The van der Waals surface area contributed by atoms with Gasteiger partial charge in [0.05, 0.1) is 41.3 Å². The first kappa shape index (κ1) is 27.7. The number of carbonyl (C=O) groups excluding carboxylic acids is 2. The maximum atomic E-state index is 14.0. The van der Waals surface area contributed by atoms with E-state index in [-0.39, 0.29) is 34.3 Å². The van der Waals surface area contributed by atoms with Crippen LogP contribution in [0.1, 0.15) is 30.0 Å². The van der Waals surface area contributed by atoms with Gasteiger partial charge in [0.1, 0.15) is 12.1 Å². The standard InChI is InChI=1S/C25H21BrF3N3O5/c1-3-24(16-9-7-15(13-30)8-10-16)21(22(34)35)19(12-26)32(23(36)31(24)14-20(33)37-2)18-6-4-5-17(11-18)25(27,28)29/h4-11H,3,12,14H2,1-2H3,(H,34,35)/t24-/m1/s1. The smallest absolute Gasteiger partial charge is 0.416 e. The van der Waals surface area contributed by atoms with Crippen LogP contribution in [0.4, 0.5) is 23.7 Å². The molecule has 0 aliphatic carbocycles. The number of benzene rings is 2. The quantitative estimate of drug-likeness (QED) is 0.364. The number of rotatable bonds is 7. The third-order valence-electron chi connectivity index (χ3n) is 6.15. The number of allylic oxidation sites excluding steroid dienone is 1. The third kappa shape index (κ3) is 4.91. The highest BCUT2D eigenvalue weighted by Gasteiger charge is 2.54. The molecule has 0 saturated carbocycles. The van der Waals surface area contributed by atoms with Crippen molar-refractivity contribution in [2.45, 2.75) is 25.1 Å². The van der Waals surface area contributed by atoms with Gasteiger partial charge in [-0.1, -0.05) is 41.1 Å². The second-order valence-corrected chi connectivity index (χ2v) is 8.55. The van der Waals surface area contributed by atoms with Crippen LogP contribution in [-0.4, -0.2) is 47.0 Å². The maximum absolute atomic E-state index is 14.0.